The predicted molar refractivity (Wildman–Crippen MR) is 94.1 cm³/mol. The van der Waals surface area contributed by atoms with Gasteiger partial charge in [-0.3, -0.25) is 9.59 Å². The number of rotatable bonds is 3. The Bertz CT molecular complexity index is 943. The number of amides is 2. The summed E-state index contributed by atoms with van der Waals surface area (Å²) in [6, 6.07) is 12.4. The third kappa shape index (κ3) is 3.12. The summed E-state index contributed by atoms with van der Waals surface area (Å²) in [6.07, 6.45) is 0. The van der Waals surface area contributed by atoms with Crippen molar-refractivity contribution in [1.29, 1.82) is 0 Å². The predicted octanol–water partition coefficient (Wildman–Crippen LogP) is 3.09. The maximum Gasteiger partial charge on any atom is 0.255 e. The summed E-state index contributed by atoms with van der Waals surface area (Å²) < 4.78 is 2.00. The smallest absolute Gasteiger partial charge is 0.255 e. The summed E-state index contributed by atoms with van der Waals surface area (Å²) in [5, 5.41) is 5.52. The topological polar surface area (TPSA) is 76.0 Å². The van der Waals surface area contributed by atoms with Crippen LogP contribution in [0.5, 0.6) is 0 Å². The fraction of sp³-hybridized carbons (Fsp3) is 0.167. The Labute approximate surface area is 139 Å². The fourth-order valence-electron chi connectivity index (χ4n) is 2.54. The Morgan fingerprint density at radius 2 is 1.79 bits per heavy atom. The minimum atomic E-state index is -0.241. The van der Waals surface area contributed by atoms with E-state index in [0.29, 0.717) is 16.9 Å². The molecule has 0 unspecified atom stereocenters. The standard InChI is InChI=1S/C18H18N4O2/c1-11-19-16-10-15(7-8-17(16)22(11)3)21-18(24)13-5-4-6-14(9-13)20-12(2)23/h4-10H,1-3H3,(H,20,23)(H,21,24). The van der Waals surface area contributed by atoms with Gasteiger partial charge in [0.2, 0.25) is 5.91 Å². The van der Waals surface area contributed by atoms with Crippen LogP contribution < -0.4 is 10.6 Å². The molecular weight excluding hydrogens is 304 g/mol. The first-order chi connectivity index (χ1) is 11.4. The van der Waals surface area contributed by atoms with Gasteiger partial charge in [0.25, 0.3) is 5.91 Å². The highest BCUT2D eigenvalue weighted by Gasteiger charge is 2.10. The van der Waals surface area contributed by atoms with Gasteiger partial charge in [0, 0.05) is 30.9 Å². The number of fused-ring (bicyclic) bond motifs is 1. The van der Waals surface area contributed by atoms with Gasteiger partial charge in [-0.2, -0.15) is 0 Å². The van der Waals surface area contributed by atoms with Gasteiger partial charge in [0.15, 0.2) is 0 Å². The lowest BCUT2D eigenvalue weighted by atomic mass is 10.1. The molecule has 3 aromatic rings. The third-order valence-electron chi connectivity index (χ3n) is 3.81. The van der Waals surface area contributed by atoms with Crippen LogP contribution in [0.25, 0.3) is 11.0 Å². The molecule has 2 amide bonds. The first-order valence-electron chi connectivity index (χ1n) is 7.56. The van der Waals surface area contributed by atoms with Gasteiger partial charge < -0.3 is 15.2 Å². The van der Waals surface area contributed by atoms with Crippen molar-refractivity contribution in [2.45, 2.75) is 13.8 Å². The third-order valence-corrected chi connectivity index (χ3v) is 3.81. The van der Waals surface area contributed by atoms with Crippen LogP contribution >= 0.6 is 0 Å². The minimum Gasteiger partial charge on any atom is -0.331 e. The largest absolute Gasteiger partial charge is 0.331 e. The molecule has 0 radical (unpaired) electrons. The van der Waals surface area contributed by atoms with Crippen LogP contribution in [0.2, 0.25) is 0 Å². The maximum atomic E-state index is 12.4. The zero-order valence-electron chi connectivity index (χ0n) is 13.8. The molecule has 24 heavy (non-hydrogen) atoms. The van der Waals surface area contributed by atoms with Crippen molar-refractivity contribution in [3.05, 3.63) is 53.9 Å². The molecule has 0 aliphatic rings. The van der Waals surface area contributed by atoms with Crippen LogP contribution in [0.3, 0.4) is 0 Å². The number of carbonyl (C=O) groups excluding carboxylic acids is 2. The molecule has 0 aliphatic carbocycles. The van der Waals surface area contributed by atoms with Gasteiger partial charge in [0.05, 0.1) is 11.0 Å². The van der Waals surface area contributed by atoms with E-state index in [1.54, 1.807) is 24.3 Å². The summed E-state index contributed by atoms with van der Waals surface area (Å²) in [7, 11) is 1.95. The second-order valence-electron chi connectivity index (χ2n) is 5.64. The molecule has 0 aliphatic heterocycles. The molecule has 1 aromatic heterocycles. The Kier molecular flexibility index (Phi) is 4.04. The molecule has 122 valence electrons. The van der Waals surface area contributed by atoms with Gasteiger partial charge in [-0.1, -0.05) is 6.07 Å². The Hall–Kier alpha value is -3.15. The number of anilines is 2. The van der Waals surface area contributed by atoms with E-state index >= 15 is 0 Å². The SMILES string of the molecule is CC(=O)Nc1cccc(C(=O)Nc2ccc3c(c2)nc(C)n3C)c1. The summed E-state index contributed by atoms with van der Waals surface area (Å²) in [4.78, 5) is 28.0. The summed E-state index contributed by atoms with van der Waals surface area (Å²) in [6.45, 7) is 3.36. The molecule has 6 nitrogen and oxygen atoms in total. The summed E-state index contributed by atoms with van der Waals surface area (Å²) >= 11 is 0. The normalized spacial score (nSPS) is 10.6. The molecule has 2 N–H and O–H groups in total. The van der Waals surface area contributed by atoms with E-state index in [1.807, 2.05) is 36.7 Å². The molecule has 0 saturated carbocycles. The Morgan fingerprint density at radius 1 is 1.04 bits per heavy atom. The lowest BCUT2D eigenvalue weighted by Crippen LogP contribution is -2.13. The van der Waals surface area contributed by atoms with Gasteiger partial charge in [-0.25, -0.2) is 4.98 Å². The number of aryl methyl sites for hydroxylation is 2. The van der Waals surface area contributed by atoms with E-state index in [1.165, 1.54) is 6.92 Å². The molecule has 6 heteroatoms. The highest BCUT2D eigenvalue weighted by molar-refractivity contribution is 6.06. The van der Waals surface area contributed by atoms with Crippen LogP contribution in [0, 0.1) is 6.92 Å². The monoisotopic (exact) mass is 322 g/mol. The Balaban J connectivity index is 1.83. The van der Waals surface area contributed by atoms with Crippen molar-refractivity contribution in [1.82, 2.24) is 9.55 Å². The fourth-order valence-corrected chi connectivity index (χ4v) is 2.54. The molecule has 0 spiro atoms. The van der Waals surface area contributed by atoms with Crippen LogP contribution in [-0.4, -0.2) is 21.4 Å². The highest BCUT2D eigenvalue weighted by Crippen LogP contribution is 2.20. The summed E-state index contributed by atoms with van der Waals surface area (Å²) in [5.41, 5.74) is 3.58. The van der Waals surface area contributed by atoms with E-state index in [2.05, 4.69) is 15.6 Å². The molecule has 0 bridgehead atoms. The molecule has 0 atom stereocenters. The quantitative estimate of drug-likeness (QED) is 0.778. The second-order valence-corrected chi connectivity index (χ2v) is 5.64. The van der Waals surface area contributed by atoms with E-state index in [-0.39, 0.29) is 11.8 Å². The lowest BCUT2D eigenvalue weighted by molar-refractivity contribution is -0.114. The minimum absolute atomic E-state index is 0.177. The number of nitrogens with zero attached hydrogens (tertiary/aromatic N) is 2. The molecule has 1 heterocycles. The molecule has 2 aromatic carbocycles. The van der Waals surface area contributed by atoms with E-state index in [9.17, 15) is 9.59 Å². The van der Waals surface area contributed by atoms with Crippen molar-refractivity contribution in [2.24, 2.45) is 7.05 Å². The molecule has 0 saturated heterocycles. The number of nitrogens with one attached hydrogen (secondary N) is 2. The van der Waals surface area contributed by atoms with E-state index in [0.717, 1.165) is 16.9 Å². The molecular formula is C18H18N4O2. The van der Waals surface area contributed by atoms with Crippen LogP contribution in [0.4, 0.5) is 11.4 Å². The lowest BCUT2D eigenvalue weighted by Gasteiger charge is -2.07. The summed E-state index contributed by atoms with van der Waals surface area (Å²) in [5.74, 6) is 0.495. The average Bonchev–Trinajstić information content (AvgIpc) is 2.81. The molecule has 0 fully saturated rings. The van der Waals surface area contributed by atoms with Gasteiger partial charge in [-0.05, 0) is 43.3 Å². The number of benzene rings is 2. The highest BCUT2D eigenvalue weighted by atomic mass is 16.2. The number of hydrogen-bond acceptors (Lipinski definition) is 3. The number of carbonyl (C=O) groups is 2. The number of imidazole rings is 1. The van der Waals surface area contributed by atoms with E-state index < -0.39 is 0 Å². The van der Waals surface area contributed by atoms with Gasteiger partial charge in [-0.15, -0.1) is 0 Å². The van der Waals surface area contributed by atoms with Crippen molar-refractivity contribution in [3.8, 4) is 0 Å². The first kappa shape index (κ1) is 15.7. The van der Waals surface area contributed by atoms with Crippen molar-refractivity contribution in [2.75, 3.05) is 10.6 Å². The Morgan fingerprint density at radius 3 is 2.54 bits per heavy atom. The number of aromatic nitrogens is 2. The van der Waals surface area contributed by atoms with Crippen molar-refractivity contribution in [3.63, 3.8) is 0 Å². The first-order valence-corrected chi connectivity index (χ1v) is 7.56. The van der Waals surface area contributed by atoms with E-state index in [4.69, 9.17) is 0 Å². The maximum absolute atomic E-state index is 12.4. The zero-order chi connectivity index (χ0) is 17.3. The van der Waals surface area contributed by atoms with Crippen LogP contribution in [0.1, 0.15) is 23.1 Å². The van der Waals surface area contributed by atoms with Crippen molar-refractivity contribution >= 4 is 34.2 Å². The molecule has 3 rings (SSSR count). The van der Waals surface area contributed by atoms with Crippen LogP contribution in [-0.2, 0) is 11.8 Å². The van der Waals surface area contributed by atoms with Crippen LogP contribution in [0.15, 0.2) is 42.5 Å². The second kappa shape index (κ2) is 6.16. The zero-order valence-corrected chi connectivity index (χ0v) is 13.8. The average molecular weight is 322 g/mol. The van der Waals surface area contributed by atoms with Gasteiger partial charge >= 0.3 is 0 Å². The van der Waals surface area contributed by atoms with Crippen molar-refractivity contribution < 1.29 is 9.59 Å². The number of hydrogen-bond donors (Lipinski definition) is 2. The van der Waals surface area contributed by atoms with Gasteiger partial charge in [0.1, 0.15) is 5.82 Å².